The molecule has 0 radical (unpaired) electrons. The van der Waals surface area contributed by atoms with E-state index in [4.69, 9.17) is 4.74 Å². The van der Waals surface area contributed by atoms with Gasteiger partial charge in [0.05, 0.1) is 6.61 Å². The van der Waals surface area contributed by atoms with E-state index < -0.39 is 17.8 Å². The van der Waals surface area contributed by atoms with Gasteiger partial charge in [-0.25, -0.2) is 9.18 Å². The molecule has 1 rings (SSSR count). The van der Waals surface area contributed by atoms with Crippen LogP contribution in [0.3, 0.4) is 0 Å². The van der Waals surface area contributed by atoms with Crippen LogP contribution in [0.5, 0.6) is 5.75 Å². The highest BCUT2D eigenvalue weighted by molar-refractivity contribution is 5.77. The van der Waals surface area contributed by atoms with Crippen molar-refractivity contribution in [3.05, 3.63) is 29.6 Å². The van der Waals surface area contributed by atoms with Gasteiger partial charge in [-0.2, -0.15) is 0 Å². The van der Waals surface area contributed by atoms with E-state index in [1.807, 2.05) is 6.92 Å². The Labute approximate surface area is 99.4 Å². The summed E-state index contributed by atoms with van der Waals surface area (Å²) in [6.45, 7) is 4.30. The lowest BCUT2D eigenvalue weighted by Gasteiger charge is -2.16. The third-order valence-corrected chi connectivity index (χ3v) is 2.17. The Morgan fingerprint density at radius 2 is 2.18 bits per heavy atom. The van der Waals surface area contributed by atoms with Gasteiger partial charge in [0.1, 0.15) is 17.6 Å². The Hall–Kier alpha value is -1.62. The summed E-state index contributed by atoms with van der Waals surface area (Å²) in [5.74, 6) is -1.29. The van der Waals surface area contributed by atoms with E-state index in [-0.39, 0.29) is 12.4 Å². The first-order chi connectivity index (χ1) is 8.08. The summed E-state index contributed by atoms with van der Waals surface area (Å²) >= 11 is 0. The maximum absolute atomic E-state index is 13.1. The van der Waals surface area contributed by atoms with Crippen LogP contribution in [0, 0.1) is 5.82 Å². The van der Waals surface area contributed by atoms with Crippen molar-refractivity contribution >= 4 is 5.97 Å². The standard InChI is InChI=1S/C12H16FNO3/c1-3-14-11(12(16)17-4-2)8-5-9(13)7-10(15)6-8/h5-7,11,14-15H,3-4H2,1-2H3. The fourth-order valence-electron chi connectivity index (χ4n) is 1.53. The molecule has 0 heterocycles. The molecule has 1 unspecified atom stereocenters. The summed E-state index contributed by atoms with van der Waals surface area (Å²) in [6, 6.07) is 2.76. The zero-order valence-corrected chi connectivity index (χ0v) is 9.87. The second kappa shape index (κ2) is 6.20. The van der Waals surface area contributed by atoms with Crippen LogP contribution in [0.4, 0.5) is 4.39 Å². The fourth-order valence-corrected chi connectivity index (χ4v) is 1.53. The molecule has 0 bridgehead atoms. The highest BCUT2D eigenvalue weighted by atomic mass is 19.1. The van der Waals surface area contributed by atoms with Crippen molar-refractivity contribution in [1.82, 2.24) is 5.32 Å². The number of carbonyl (C=O) groups excluding carboxylic acids is 1. The second-order valence-electron chi connectivity index (χ2n) is 3.49. The molecule has 0 spiro atoms. The molecule has 5 heteroatoms. The Morgan fingerprint density at radius 1 is 1.47 bits per heavy atom. The van der Waals surface area contributed by atoms with Crippen molar-refractivity contribution in [2.24, 2.45) is 0 Å². The number of esters is 1. The van der Waals surface area contributed by atoms with Crippen LogP contribution in [0.15, 0.2) is 18.2 Å². The normalized spacial score (nSPS) is 12.2. The first-order valence-corrected chi connectivity index (χ1v) is 5.48. The van der Waals surface area contributed by atoms with E-state index in [0.29, 0.717) is 12.1 Å². The third kappa shape index (κ3) is 3.71. The first kappa shape index (κ1) is 13.4. The van der Waals surface area contributed by atoms with Crippen LogP contribution >= 0.6 is 0 Å². The lowest BCUT2D eigenvalue weighted by atomic mass is 10.1. The maximum Gasteiger partial charge on any atom is 0.327 e. The van der Waals surface area contributed by atoms with Gasteiger partial charge in [-0.1, -0.05) is 6.92 Å². The van der Waals surface area contributed by atoms with Crippen LogP contribution in [0.1, 0.15) is 25.5 Å². The quantitative estimate of drug-likeness (QED) is 0.771. The van der Waals surface area contributed by atoms with E-state index in [9.17, 15) is 14.3 Å². The Kier molecular flexibility index (Phi) is 4.90. The number of halogens is 1. The molecule has 0 amide bonds. The summed E-state index contributed by atoms with van der Waals surface area (Å²) in [5, 5.41) is 12.2. The molecule has 0 aromatic heterocycles. The van der Waals surface area contributed by atoms with E-state index in [0.717, 1.165) is 6.07 Å². The van der Waals surface area contributed by atoms with Gasteiger partial charge < -0.3 is 15.2 Å². The lowest BCUT2D eigenvalue weighted by Crippen LogP contribution is -2.30. The van der Waals surface area contributed by atoms with Gasteiger partial charge in [0, 0.05) is 6.07 Å². The number of rotatable bonds is 5. The molecule has 1 aromatic carbocycles. The lowest BCUT2D eigenvalue weighted by molar-refractivity contribution is -0.145. The van der Waals surface area contributed by atoms with Gasteiger partial charge in [-0.05, 0) is 31.2 Å². The minimum Gasteiger partial charge on any atom is -0.508 e. The number of aromatic hydroxyl groups is 1. The summed E-state index contributed by atoms with van der Waals surface area (Å²) in [5.41, 5.74) is 0.350. The van der Waals surface area contributed by atoms with E-state index >= 15 is 0 Å². The van der Waals surface area contributed by atoms with Crippen molar-refractivity contribution in [2.75, 3.05) is 13.2 Å². The Balaban J connectivity index is 3.00. The topological polar surface area (TPSA) is 58.6 Å². The van der Waals surface area contributed by atoms with Gasteiger partial charge >= 0.3 is 5.97 Å². The molecular weight excluding hydrogens is 225 g/mol. The molecule has 4 nitrogen and oxygen atoms in total. The monoisotopic (exact) mass is 241 g/mol. The van der Waals surface area contributed by atoms with Crippen molar-refractivity contribution in [2.45, 2.75) is 19.9 Å². The molecular formula is C12H16FNO3. The predicted molar refractivity (Wildman–Crippen MR) is 61.1 cm³/mol. The largest absolute Gasteiger partial charge is 0.508 e. The van der Waals surface area contributed by atoms with Crippen LogP contribution in [-0.2, 0) is 9.53 Å². The number of hydrogen-bond acceptors (Lipinski definition) is 4. The molecule has 94 valence electrons. The van der Waals surface area contributed by atoms with Crippen molar-refractivity contribution < 1.29 is 19.0 Å². The molecule has 0 aliphatic rings. The molecule has 1 atom stereocenters. The zero-order chi connectivity index (χ0) is 12.8. The van der Waals surface area contributed by atoms with E-state index in [2.05, 4.69) is 5.32 Å². The number of ether oxygens (including phenoxy) is 1. The zero-order valence-electron chi connectivity index (χ0n) is 9.87. The molecule has 0 aliphatic carbocycles. The van der Waals surface area contributed by atoms with Gasteiger partial charge in [0.2, 0.25) is 0 Å². The Bertz CT molecular complexity index is 375. The van der Waals surface area contributed by atoms with Crippen LogP contribution in [0.25, 0.3) is 0 Å². The number of benzene rings is 1. The number of phenolic OH excluding ortho intramolecular Hbond substituents is 1. The smallest absolute Gasteiger partial charge is 0.327 e. The minimum absolute atomic E-state index is 0.216. The fraction of sp³-hybridized carbons (Fsp3) is 0.417. The maximum atomic E-state index is 13.1. The summed E-state index contributed by atoms with van der Waals surface area (Å²) in [7, 11) is 0. The Morgan fingerprint density at radius 3 is 2.71 bits per heavy atom. The summed E-state index contributed by atoms with van der Waals surface area (Å²) < 4.78 is 18.0. The third-order valence-electron chi connectivity index (χ3n) is 2.17. The van der Waals surface area contributed by atoms with Crippen molar-refractivity contribution in [3.8, 4) is 5.75 Å². The van der Waals surface area contributed by atoms with Crippen molar-refractivity contribution in [3.63, 3.8) is 0 Å². The molecule has 2 N–H and O–H groups in total. The van der Waals surface area contributed by atoms with Crippen LogP contribution in [0.2, 0.25) is 0 Å². The highest BCUT2D eigenvalue weighted by Gasteiger charge is 2.21. The summed E-state index contributed by atoms with van der Waals surface area (Å²) in [6.07, 6.45) is 0. The van der Waals surface area contributed by atoms with Gasteiger partial charge in [0.25, 0.3) is 0 Å². The van der Waals surface area contributed by atoms with Crippen molar-refractivity contribution in [1.29, 1.82) is 0 Å². The molecule has 1 aromatic rings. The minimum atomic E-state index is -0.762. The molecule has 0 fully saturated rings. The SMILES string of the molecule is CCNC(C(=O)OCC)c1cc(O)cc(F)c1. The van der Waals surface area contributed by atoms with Gasteiger partial charge in [-0.15, -0.1) is 0 Å². The number of nitrogens with one attached hydrogen (secondary N) is 1. The van der Waals surface area contributed by atoms with Crippen LogP contribution in [-0.4, -0.2) is 24.2 Å². The molecule has 0 saturated heterocycles. The molecule has 0 aliphatic heterocycles. The predicted octanol–water partition coefficient (Wildman–Crippen LogP) is 1.74. The van der Waals surface area contributed by atoms with E-state index in [1.54, 1.807) is 6.92 Å². The van der Waals surface area contributed by atoms with Gasteiger partial charge in [-0.3, -0.25) is 0 Å². The molecule has 0 saturated carbocycles. The number of likely N-dealkylation sites (N-methyl/N-ethyl adjacent to an activating group) is 1. The second-order valence-corrected chi connectivity index (χ2v) is 3.49. The van der Waals surface area contributed by atoms with E-state index in [1.165, 1.54) is 12.1 Å². The number of carbonyl (C=O) groups is 1. The average molecular weight is 241 g/mol. The number of phenols is 1. The number of hydrogen-bond donors (Lipinski definition) is 2. The summed E-state index contributed by atoms with van der Waals surface area (Å²) in [4.78, 5) is 11.7. The highest BCUT2D eigenvalue weighted by Crippen LogP contribution is 2.21. The molecule has 17 heavy (non-hydrogen) atoms. The van der Waals surface area contributed by atoms with Crippen LogP contribution < -0.4 is 5.32 Å². The first-order valence-electron chi connectivity index (χ1n) is 5.48. The average Bonchev–Trinajstić information content (AvgIpc) is 2.24. The van der Waals surface area contributed by atoms with Gasteiger partial charge in [0.15, 0.2) is 0 Å².